The summed E-state index contributed by atoms with van der Waals surface area (Å²) in [6.07, 6.45) is 6.07. The molecule has 17 heavy (non-hydrogen) atoms. The monoisotopic (exact) mass is 280 g/mol. The molecule has 0 aromatic heterocycles. The molecule has 0 heterocycles. The molecule has 0 aliphatic rings. The van der Waals surface area contributed by atoms with Gasteiger partial charge < -0.3 is 0 Å². The molecule has 4 nitrogen and oxygen atoms in total. The predicted molar refractivity (Wildman–Crippen MR) is 71.3 cm³/mol. The molecule has 6 heteroatoms. The molecular formula is C11H20O4S2. The van der Waals surface area contributed by atoms with Gasteiger partial charge in [-0.2, -0.15) is 0 Å². The van der Waals surface area contributed by atoms with E-state index in [1.807, 2.05) is 0 Å². The second kappa shape index (κ2) is 5.82. The van der Waals surface area contributed by atoms with Crippen LogP contribution in [-0.4, -0.2) is 32.4 Å². The van der Waals surface area contributed by atoms with Crippen LogP contribution in [0, 0.1) is 0 Å². The standard InChI is InChI=1S/C11H20O4S2/c1-5-7-9-16(12,13)11(3,4)17(14,15)10-8-6-2/h5-8H,9-10H2,1-4H3. The molecule has 0 bridgehead atoms. The van der Waals surface area contributed by atoms with Gasteiger partial charge in [0.2, 0.25) is 0 Å². The summed E-state index contributed by atoms with van der Waals surface area (Å²) in [6, 6.07) is 0. The highest BCUT2D eigenvalue weighted by Gasteiger charge is 2.44. The molecule has 0 N–H and O–H groups in total. The topological polar surface area (TPSA) is 68.3 Å². The maximum absolute atomic E-state index is 12.0. The molecule has 0 aliphatic carbocycles. The van der Waals surface area contributed by atoms with Gasteiger partial charge >= 0.3 is 0 Å². The molecule has 0 rings (SSSR count). The summed E-state index contributed by atoms with van der Waals surface area (Å²) >= 11 is 0. The van der Waals surface area contributed by atoms with E-state index in [4.69, 9.17) is 0 Å². The van der Waals surface area contributed by atoms with Gasteiger partial charge in [0.25, 0.3) is 0 Å². The van der Waals surface area contributed by atoms with Crippen molar-refractivity contribution >= 4 is 19.7 Å². The zero-order valence-corrected chi connectivity index (χ0v) is 12.3. The highest BCUT2D eigenvalue weighted by Crippen LogP contribution is 2.25. The molecule has 0 amide bonds. The van der Waals surface area contributed by atoms with Crippen LogP contribution in [0.2, 0.25) is 0 Å². The zero-order valence-electron chi connectivity index (χ0n) is 10.7. The Morgan fingerprint density at radius 2 is 1.12 bits per heavy atom. The minimum absolute atomic E-state index is 0.258. The molecule has 0 radical (unpaired) electrons. The Hall–Kier alpha value is -0.620. The van der Waals surface area contributed by atoms with Gasteiger partial charge in [-0.15, -0.1) is 0 Å². The van der Waals surface area contributed by atoms with Crippen molar-refractivity contribution in [2.45, 2.75) is 31.8 Å². The lowest BCUT2D eigenvalue weighted by Crippen LogP contribution is -2.42. The SMILES string of the molecule is CC=CCS(=O)(=O)C(C)(C)S(=O)(=O)CC=CC. The Morgan fingerprint density at radius 1 is 0.824 bits per heavy atom. The molecule has 0 saturated carbocycles. The zero-order chi connectivity index (χ0) is 13.7. The van der Waals surface area contributed by atoms with E-state index in [0.717, 1.165) is 0 Å². The van der Waals surface area contributed by atoms with Gasteiger partial charge in [-0.05, 0) is 27.7 Å². The summed E-state index contributed by atoms with van der Waals surface area (Å²) < 4.78 is 46.1. The average Bonchev–Trinajstić information content (AvgIpc) is 2.23. The number of sulfone groups is 2. The van der Waals surface area contributed by atoms with Crippen LogP contribution >= 0.6 is 0 Å². The fourth-order valence-electron chi connectivity index (χ4n) is 1.04. The Bertz CT molecular complexity index is 448. The van der Waals surface area contributed by atoms with Crippen molar-refractivity contribution in [1.82, 2.24) is 0 Å². The van der Waals surface area contributed by atoms with Crippen LogP contribution in [0.25, 0.3) is 0 Å². The first-order valence-corrected chi connectivity index (χ1v) is 8.59. The maximum atomic E-state index is 12.0. The third-order valence-electron chi connectivity index (χ3n) is 2.60. The summed E-state index contributed by atoms with van der Waals surface area (Å²) in [7, 11) is -7.44. The van der Waals surface area contributed by atoms with Gasteiger partial charge in [0.1, 0.15) is 0 Å². The Morgan fingerprint density at radius 3 is 1.35 bits per heavy atom. The van der Waals surface area contributed by atoms with E-state index in [2.05, 4.69) is 0 Å². The van der Waals surface area contributed by atoms with Crippen LogP contribution in [0.1, 0.15) is 27.7 Å². The minimum atomic E-state index is -3.72. The maximum Gasteiger partial charge on any atom is 0.173 e. The molecule has 0 saturated heterocycles. The van der Waals surface area contributed by atoms with E-state index in [-0.39, 0.29) is 11.5 Å². The van der Waals surface area contributed by atoms with Crippen molar-refractivity contribution in [2.75, 3.05) is 11.5 Å². The number of rotatable bonds is 6. The van der Waals surface area contributed by atoms with Crippen molar-refractivity contribution in [3.05, 3.63) is 24.3 Å². The lowest BCUT2D eigenvalue weighted by Gasteiger charge is -2.23. The van der Waals surface area contributed by atoms with Gasteiger partial charge in [0.05, 0.1) is 11.5 Å². The summed E-state index contributed by atoms with van der Waals surface area (Å²) in [6.45, 7) is 5.86. The molecule has 0 aromatic rings. The molecule has 0 atom stereocenters. The Labute approximate surface area is 104 Å². The van der Waals surface area contributed by atoms with Crippen LogP contribution in [0.5, 0.6) is 0 Å². The van der Waals surface area contributed by atoms with E-state index in [1.54, 1.807) is 26.0 Å². The molecule has 0 aromatic carbocycles. The first kappa shape index (κ1) is 16.4. The minimum Gasteiger partial charge on any atom is -0.227 e. The molecule has 0 unspecified atom stereocenters. The van der Waals surface area contributed by atoms with Crippen LogP contribution in [-0.2, 0) is 19.7 Å². The Kier molecular flexibility index (Phi) is 5.61. The highest BCUT2D eigenvalue weighted by atomic mass is 32.3. The van der Waals surface area contributed by atoms with E-state index >= 15 is 0 Å². The fraction of sp³-hybridized carbons (Fsp3) is 0.636. The first-order chi connectivity index (χ1) is 7.62. The third-order valence-corrected chi connectivity index (χ3v) is 8.38. The van der Waals surface area contributed by atoms with Gasteiger partial charge in [-0.25, -0.2) is 16.8 Å². The van der Waals surface area contributed by atoms with Gasteiger partial charge in [0.15, 0.2) is 23.8 Å². The predicted octanol–water partition coefficient (Wildman–Crippen LogP) is 1.70. The van der Waals surface area contributed by atoms with Gasteiger partial charge in [-0.3, -0.25) is 0 Å². The van der Waals surface area contributed by atoms with Crippen LogP contribution < -0.4 is 0 Å². The molecule has 0 aliphatic heterocycles. The van der Waals surface area contributed by atoms with Crippen molar-refractivity contribution in [3.8, 4) is 0 Å². The van der Waals surface area contributed by atoms with Crippen molar-refractivity contribution in [1.29, 1.82) is 0 Å². The highest BCUT2D eigenvalue weighted by molar-refractivity contribution is 8.10. The summed E-state index contributed by atoms with van der Waals surface area (Å²) in [5, 5.41) is 0. The average molecular weight is 280 g/mol. The van der Waals surface area contributed by atoms with Gasteiger partial charge in [-0.1, -0.05) is 24.3 Å². The Balaban J connectivity index is 5.40. The second-order valence-electron chi connectivity index (χ2n) is 4.10. The summed E-state index contributed by atoms with van der Waals surface area (Å²) in [4.78, 5) is 0. The quantitative estimate of drug-likeness (QED) is 0.695. The summed E-state index contributed by atoms with van der Waals surface area (Å²) in [5.41, 5.74) is 0. The summed E-state index contributed by atoms with van der Waals surface area (Å²) in [5.74, 6) is -0.517. The lowest BCUT2D eigenvalue weighted by atomic mass is 10.5. The van der Waals surface area contributed by atoms with Crippen LogP contribution in [0.3, 0.4) is 0 Å². The van der Waals surface area contributed by atoms with E-state index in [9.17, 15) is 16.8 Å². The van der Waals surface area contributed by atoms with E-state index < -0.39 is 23.8 Å². The van der Waals surface area contributed by atoms with E-state index in [1.165, 1.54) is 26.0 Å². The van der Waals surface area contributed by atoms with Crippen molar-refractivity contribution in [3.63, 3.8) is 0 Å². The van der Waals surface area contributed by atoms with Crippen molar-refractivity contribution in [2.24, 2.45) is 0 Å². The number of allylic oxidation sites excluding steroid dienone is 2. The first-order valence-electron chi connectivity index (χ1n) is 5.29. The van der Waals surface area contributed by atoms with E-state index in [0.29, 0.717) is 0 Å². The second-order valence-corrected chi connectivity index (χ2v) is 9.53. The number of hydrogen-bond donors (Lipinski definition) is 0. The molecule has 0 fully saturated rings. The van der Waals surface area contributed by atoms with Crippen molar-refractivity contribution < 1.29 is 16.8 Å². The largest absolute Gasteiger partial charge is 0.227 e. The normalized spacial score (nSPS) is 14.8. The molecule has 100 valence electrons. The third kappa shape index (κ3) is 3.67. The smallest absolute Gasteiger partial charge is 0.173 e. The fourth-order valence-corrected chi connectivity index (χ4v) is 4.69. The number of hydrogen-bond acceptors (Lipinski definition) is 4. The molecular weight excluding hydrogens is 260 g/mol. The lowest BCUT2D eigenvalue weighted by molar-refractivity contribution is 0.559. The van der Waals surface area contributed by atoms with Gasteiger partial charge in [0, 0.05) is 0 Å². The van der Waals surface area contributed by atoms with Crippen LogP contribution in [0.15, 0.2) is 24.3 Å². The van der Waals surface area contributed by atoms with Crippen LogP contribution in [0.4, 0.5) is 0 Å². The molecule has 0 spiro atoms.